The van der Waals surface area contributed by atoms with Gasteiger partial charge in [0.25, 0.3) is 5.91 Å². The lowest BCUT2D eigenvalue weighted by atomic mass is 9.95. The fraction of sp³-hybridized carbons (Fsp3) is 0.467. The van der Waals surface area contributed by atoms with Gasteiger partial charge in [0.05, 0.1) is 0 Å². The molecule has 0 aliphatic heterocycles. The van der Waals surface area contributed by atoms with Crippen molar-refractivity contribution >= 4 is 17.5 Å². The molecular weight excluding hydrogens is 240 g/mol. The summed E-state index contributed by atoms with van der Waals surface area (Å²) in [5.41, 5.74) is 1.35. The van der Waals surface area contributed by atoms with Gasteiger partial charge in [-0.05, 0) is 37.1 Å². The van der Waals surface area contributed by atoms with Crippen molar-refractivity contribution in [2.45, 2.75) is 45.1 Å². The van der Waals surface area contributed by atoms with E-state index < -0.39 is 0 Å². The molecule has 2 amide bonds. The number of carbonyl (C=O) groups is 2. The normalized spacial score (nSPS) is 15.8. The van der Waals surface area contributed by atoms with E-state index in [1.54, 1.807) is 24.3 Å². The van der Waals surface area contributed by atoms with Crippen molar-refractivity contribution < 1.29 is 9.59 Å². The van der Waals surface area contributed by atoms with E-state index in [9.17, 15) is 9.59 Å². The van der Waals surface area contributed by atoms with Crippen LogP contribution in [-0.4, -0.2) is 17.9 Å². The molecule has 0 bridgehead atoms. The number of hydrogen-bond acceptors (Lipinski definition) is 2. The van der Waals surface area contributed by atoms with Gasteiger partial charge in [-0.2, -0.15) is 0 Å². The number of hydrogen-bond donors (Lipinski definition) is 2. The quantitative estimate of drug-likeness (QED) is 0.878. The van der Waals surface area contributed by atoms with Gasteiger partial charge >= 0.3 is 0 Å². The molecule has 1 aromatic carbocycles. The Labute approximate surface area is 113 Å². The van der Waals surface area contributed by atoms with Crippen LogP contribution in [0.1, 0.15) is 49.4 Å². The van der Waals surface area contributed by atoms with Crippen molar-refractivity contribution in [3.8, 4) is 0 Å². The number of carbonyl (C=O) groups excluding carboxylic acids is 2. The zero-order valence-corrected chi connectivity index (χ0v) is 11.2. The van der Waals surface area contributed by atoms with Crippen molar-refractivity contribution in [3.63, 3.8) is 0 Å². The molecule has 0 saturated heterocycles. The van der Waals surface area contributed by atoms with Crippen LogP contribution in [-0.2, 0) is 4.79 Å². The SMILES string of the molecule is CC(=O)Nc1ccc(C(=O)NC2CCCCC2)cc1. The van der Waals surface area contributed by atoms with E-state index >= 15 is 0 Å². The zero-order chi connectivity index (χ0) is 13.7. The summed E-state index contributed by atoms with van der Waals surface area (Å²) in [6.45, 7) is 1.46. The molecule has 102 valence electrons. The molecule has 2 rings (SSSR count). The minimum atomic E-state index is -0.112. The average molecular weight is 260 g/mol. The standard InChI is InChI=1S/C15H20N2O2/c1-11(18)16-14-9-7-12(8-10-14)15(19)17-13-5-3-2-4-6-13/h7-10,13H,2-6H2,1H3,(H,16,18)(H,17,19). The summed E-state index contributed by atoms with van der Waals surface area (Å²) in [6.07, 6.45) is 5.84. The Kier molecular flexibility index (Phi) is 4.55. The third-order valence-corrected chi connectivity index (χ3v) is 3.41. The van der Waals surface area contributed by atoms with Crippen LogP contribution >= 0.6 is 0 Å². The van der Waals surface area contributed by atoms with Gasteiger partial charge in [0, 0.05) is 24.2 Å². The van der Waals surface area contributed by atoms with Gasteiger partial charge < -0.3 is 10.6 Å². The maximum atomic E-state index is 12.0. The Morgan fingerprint density at radius 1 is 1.05 bits per heavy atom. The van der Waals surface area contributed by atoms with Crippen LogP contribution in [0.25, 0.3) is 0 Å². The molecule has 0 atom stereocenters. The maximum absolute atomic E-state index is 12.0. The summed E-state index contributed by atoms with van der Waals surface area (Å²) in [4.78, 5) is 23.0. The molecule has 0 spiro atoms. The van der Waals surface area contributed by atoms with Crippen LogP contribution in [0.15, 0.2) is 24.3 Å². The summed E-state index contributed by atoms with van der Waals surface area (Å²) in [7, 11) is 0. The monoisotopic (exact) mass is 260 g/mol. The van der Waals surface area contributed by atoms with Crippen LogP contribution in [0.3, 0.4) is 0 Å². The van der Waals surface area contributed by atoms with Gasteiger partial charge in [0.15, 0.2) is 0 Å². The molecule has 0 heterocycles. The Hall–Kier alpha value is -1.84. The summed E-state index contributed by atoms with van der Waals surface area (Å²) < 4.78 is 0. The first-order valence-electron chi connectivity index (χ1n) is 6.83. The van der Waals surface area contributed by atoms with E-state index in [4.69, 9.17) is 0 Å². The summed E-state index contributed by atoms with van der Waals surface area (Å²) in [5.74, 6) is -0.138. The van der Waals surface area contributed by atoms with E-state index in [2.05, 4.69) is 10.6 Å². The van der Waals surface area contributed by atoms with Gasteiger partial charge in [-0.3, -0.25) is 9.59 Å². The summed E-state index contributed by atoms with van der Waals surface area (Å²) in [6, 6.07) is 7.29. The zero-order valence-electron chi connectivity index (χ0n) is 11.2. The first-order chi connectivity index (χ1) is 9.15. The van der Waals surface area contributed by atoms with Gasteiger partial charge in [0.2, 0.25) is 5.91 Å². The Morgan fingerprint density at radius 3 is 2.26 bits per heavy atom. The highest BCUT2D eigenvalue weighted by molar-refractivity contribution is 5.95. The number of amides is 2. The molecule has 1 fully saturated rings. The average Bonchev–Trinajstić information content (AvgIpc) is 2.40. The molecule has 2 N–H and O–H groups in total. The summed E-state index contributed by atoms with van der Waals surface area (Å²) >= 11 is 0. The van der Waals surface area contributed by atoms with E-state index in [1.165, 1.54) is 26.2 Å². The van der Waals surface area contributed by atoms with Crippen LogP contribution < -0.4 is 10.6 Å². The minimum Gasteiger partial charge on any atom is -0.349 e. The largest absolute Gasteiger partial charge is 0.349 e. The fourth-order valence-electron chi connectivity index (χ4n) is 2.42. The molecular formula is C15H20N2O2. The summed E-state index contributed by atoms with van der Waals surface area (Å²) in [5, 5.41) is 5.75. The van der Waals surface area contributed by atoms with Crippen LogP contribution in [0, 0.1) is 0 Å². The predicted molar refractivity (Wildman–Crippen MR) is 75.1 cm³/mol. The van der Waals surface area contributed by atoms with Crippen molar-refractivity contribution in [3.05, 3.63) is 29.8 Å². The molecule has 0 unspecified atom stereocenters. The number of rotatable bonds is 3. The fourth-order valence-corrected chi connectivity index (χ4v) is 2.42. The van der Waals surface area contributed by atoms with Crippen LogP contribution in [0.5, 0.6) is 0 Å². The van der Waals surface area contributed by atoms with Gasteiger partial charge in [-0.25, -0.2) is 0 Å². The lowest BCUT2D eigenvalue weighted by molar-refractivity contribution is -0.114. The van der Waals surface area contributed by atoms with Crippen LogP contribution in [0.4, 0.5) is 5.69 Å². The van der Waals surface area contributed by atoms with Gasteiger partial charge in [-0.15, -0.1) is 0 Å². The molecule has 1 aromatic rings. The number of nitrogens with one attached hydrogen (secondary N) is 2. The molecule has 19 heavy (non-hydrogen) atoms. The molecule has 1 saturated carbocycles. The second-order valence-electron chi connectivity index (χ2n) is 5.07. The molecule has 1 aliphatic rings. The first-order valence-corrected chi connectivity index (χ1v) is 6.83. The second kappa shape index (κ2) is 6.36. The topological polar surface area (TPSA) is 58.2 Å². The molecule has 4 heteroatoms. The van der Waals surface area contributed by atoms with Crippen LogP contribution in [0.2, 0.25) is 0 Å². The third-order valence-electron chi connectivity index (χ3n) is 3.41. The first kappa shape index (κ1) is 13.6. The number of anilines is 1. The second-order valence-corrected chi connectivity index (χ2v) is 5.07. The van der Waals surface area contributed by atoms with E-state index in [1.807, 2.05) is 0 Å². The van der Waals surface area contributed by atoms with Crippen molar-refractivity contribution in [1.29, 1.82) is 0 Å². The molecule has 4 nitrogen and oxygen atoms in total. The van der Waals surface area contributed by atoms with Gasteiger partial charge in [0.1, 0.15) is 0 Å². The number of benzene rings is 1. The molecule has 0 aromatic heterocycles. The van der Waals surface area contributed by atoms with E-state index in [0.717, 1.165) is 12.8 Å². The highest BCUT2D eigenvalue weighted by atomic mass is 16.2. The highest BCUT2D eigenvalue weighted by Crippen LogP contribution is 2.18. The lowest BCUT2D eigenvalue weighted by Crippen LogP contribution is -2.36. The maximum Gasteiger partial charge on any atom is 0.251 e. The lowest BCUT2D eigenvalue weighted by Gasteiger charge is -2.22. The smallest absolute Gasteiger partial charge is 0.251 e. The third kappa shape index (κ3) is 4.09. The van der Waals surface area contributed by atoms with E-state index in [-0.39, 0.29) is 11.8 Å². The highest BCUT2D eigenvalue weighted by Gasteiger charge is 2.16. The van der Waals surface area contributed by atoms with Crippen molar-refractivity contribution in [1.82, 2.24) is 5.32 Å². The van der Waals surface area contributed by atoms with Crippen molar-refractivity contribution in [2.24, 2.45) is 0 Å². The molecule has 1 aliphatic carbocycles. The van der Waals surface area contributed by atoms with Gasteiger partial charge in [-0.1, -0.05) is 19.3 Å². The molecule has 0 radical (unpaired) electrons. The minimum absolute atomic E-state index is 0.0266. The predicted octanol–water partition coefficient (Wildman–Crippen LogP) is 2.71. The van der Waals surface area contributed by atoms with Crippen molar-refractivity contribution in [2.75, 3.05) is 5.32 Å². The Morgan fingerprint density at radius 2 is 1.68 bits per heavy atom. The Bertz CT molecular complexity index is 448. The van der Waals surface area contributed by atoms with E-state index in [0.29, 0.717) is 17.3 Å². The Balaban J connectivity index is 1.93.